The molecular formula is C20H22N2O6. The van der Waals surface area contributed by atoms with Gasteiger partial charge in [0, 0.05) is 12.0 Å². The van der Waals surface area contributed by atoms with E-state index in [-0.39, 0.29) is 19.1 Å². The minimum atomic E-state index is -0.437. The molecule has 8 nitrogen and oxygen atoms in total. The Morgan fingerprint density at radius 1 is 1.00 bits per heavy atom. The molecule has 8 heteroatoms. The average molecular weight is 386 g/mol. The standard InChI is InChI=1S/C20H22N2O6/c1-2-25-15-6-3-4-7-16(15)26-11-5-8-19(23)21-22-20(24)14-9-10-17-18(12-14)28-13-27-17/h3-4,6-7,9-10,12H,2,5,8,11,13H2,1H3,(H,21,23)(H,22,24). The number of rotatable bonds is 8. The first-order chi connectivity index (χ1) is 13.7. The summed E-state index contributed by atoms with van der Waals surface area (Å²) >= 11 is 0. The zero-order valence-electron chi connectivity index (χ0n) is 15.5. The van der Waals surface area contributed by atoms with E-state index in [9.17, 15) is 9.59 Å². The molecule has 0 radical (unpaired) electrons. The second-order valence-electron chi connectivity index (χ2n) is 5.90. The topological polar surface area (TPSA) is 95.1 Å². The van der Waals surface area contributed by atoms with E-state index in [1.165, 1.54) is 0 Å². The van der Waals surface area contributed by atoms with Gasteiger partial charge in [-0.1, -0.05) is 12.1 Å². The van der Waals surface area contributed by atoms with Crippen molar-refractivity contribution in [2.45, 2.75) is 19.8 Å². The summed E-state index contributed by atoms with van der Waals surface area (Å²) in [6, 6.07) is 12.2. The Balaban J connectivity index is 1.37. The monoisotopic (exact) mass is 386 g/mol. The summed E-state index contributed by atoms with van der Waals surface area (Å²) in [6.45, 7) is 2.94. The van der Waals surface area contributed by atoms with Gasteiger partial charge in [0.15, 0.2) is 23.0 Å². The van der Waals surface area contributed by atoms with Crippen molar-refractivity contribution in [3.05, 3.63) is 48.0 Å². The maximum atomic E-state index is 12.1. The van der Waals surface area contributed by atoms with E-state index in [1.54, 1.807) is 18.2 Å². The SMILES string of the molecule is CCOc1ccccc1OCCCC(=O)NNC(=O)c1ccc2c(c1)OCO2. The molecule has 1 aliphatic rings. The molecule has 28 heavy (non-hydrogen) atoms. The Morgan fingerprint density at radius 2 is 1.75 bits per heavy atom. The number of carbonyl (C=O) groups excluding carboxylic acids is 2. The summed E-state index contributed by atoms with van der Waals surface area (Å²) in [7, 11) is 0. The van der Waals surface area contributed by atoms with Crippen LogP contribution in [0.5, 0.6) is 23.0 Å². The Hall–Kier alpha value is -3.42. The first-order valence-corrected chi connectivity index (χ1v) is 9.01. The molecule has 0 bridgehead atoms. The van der Waals surface area contributed by atoms with Gasteiger partial charge in [0.2, 0.25) is 12.7 Å². The first kappa shape index (κ1) is 19.3. The molecule has 0 aliphatic carbocycles. The summed E-state index contributed by atoms with van der Waals surface area (Å²) in [5, 5.41) is 0. The van der Waals surface area contributed by atoms with E-state index < -0.39 is 5.91 Å². The highest BCUT2D eigenvalue weighted by atomic mass is 16.7. The number of fused-ring (bicyclic) bond motifs is 1. The second kappa shape index (κ2) is 9.50. The lowest BCUT2D eigenvalue weighted by atomic mass is 10.2. The fourth-order valence-electron chi connectivity index (χ4n) is 2.56. The van der Waals surface area contributed by atoms with Crippen LogP contribution < -0.4 is 29.8 Å². The molecule has 2 amide bonds. The summed E-state index contributed by atoms with van der Waals surface area (Å²) in [5.74, 6) is 1.66. The summed E-state index contributed by atoms with van der Waals surface area (Å²) in [5.41, 5.74) is 5.13. The molecule has 2 aromatic rings. The quantitative estimate of drug-likeness (QED) is 0.535. The third-order valence-corrected chi connectivity index (χ3v) is 3.90. The maximum absolute atomic E-state index is 12.1. The van der Waals surface area contributed by atoms with Crippen LogP contribution in [0.15, 0.2) is 42.5 Å². The van der Waals surface area contributed by atoms with Gasteiger partial charge in [-0.3, -0.25) is 20.4 Å². The second-order valence-corrected chi connectivity index (χ2v) is 5.90. The van der Waals surface area contributed by atoms with Crippen LogP contribution in [0.4, 0.5) is 0 Å². The number of benzene rings is 2. The largest absolute Gasteiger partial charge is 0.490 e. The Morgan fingerprint density at radius 3 is 2.54 bits per heavy atom. The van der Waals surface area contributed by atoms with E-state index in [0.717, 1.165) is 0 Å². The Labute approximate surface area is 162 Å². The molecule has 0 saturated carbocycles. The molecule has 0 aromatic heterocycles. The molecule has 0 fully saturated rings. The van der Waals surface area contributed by atoms with Gasteiger partial charge in [0.05, 0.1) is 13.2 Å². The van der Waals surface area contributed by atoms with E-state index in [0.29, 0.717) is 48.2 Å². The fourth-order valence-corrected chi connectivity index (χ4v) is 2.56. The number of ether oxygens (including phenoxy) is 4. The van der Waals surface area contributed by atoms with Crippen molar-refractivity contribution in [3.8, 4) is 23.0 Å². The first-order valence-electron chi connectivity index (χ1n) is 9.01. The number of amides is 2. The zero-order valence-corrected chi connectivity index (χ0v) is 15.5. The lowest BCUT2D eigenvalue weighted by Crippen LogP contribution is -2.41. The summed E-state index contributed by atoms with van der Waals surface area (Å²) in [6.07, 6.45) is 0.699. The normalized spacial score (nSPS) is 11.6. The number of hydrogen-bond acceptors (Lipinski definition) is 6. The highest BCUT2D eigenvalue weighted by Crippen LogP contribution is 2.32. The van der Waals surface area contributed by atoms with Crippen molar-refractivity contribution in [2.24, 2.45) is 0 Å². The number of para-hydroxylation sites is 2. The smallest absolute Gasteiger partial charge is 0.269 e. The third-order valence-electron chi connectivity index (χ3n) is 3.90. The maximum Gasteiger partial charge on any atom is 0.269 e. The van der Waals surface area contributed by atoms with Crippen molar-refractivity contribution in [1.82, 2.24) is 10.9 Å². The lowest BCUT2D eigenvalue weighted by molar-refractivity contribution is -0.122. The Kier molecular flexibility index (Phi) is 6.56. The average Bonchev–Trinajstić information content (AvgIpc) is 3.18. The van der Waals surface area contributed by atoms with Crippen LogP contribution in [0.2, 0.25) is 0 Å². The fraction of sp³-hybridized carbons (Fsp3) is 0.300. The van der Waals surface area contributed by atoms with Crippen molar-refractivity contribution in [3.63, 3.8) is 0 Å². The van der Waals surface area contributed by atoms with Gasteiger partial charge in [-0.2, -0.15) is 0 Å². The van der Waals surface area contributed by atoms with E-state index in [2.05, 4.69) is 10.9 Å². The van der Waals surface area contributed by atoms with Gasteiger partial charge in [0.1, 0.15) is 0 Å². The predicted molar refractivity (Wildman–Crippen MR) is 101 cm³/mol. The predicted octanol–water partition coefficient (Wildman–Crippen LogP) is 2.43. The van der Waals surface area contributed by atoms with Gasteiger partial charge < -0.3 is 18.9 Å². The summed E-state index contributed by atoms with van der Waals surface area (Å²) < 4.78 is 21.6. The van der Waals surface area contributed by atoms with Crippen LogP contribution in [-0.2, 0) is 4.79 Å². The van der Waals surface area contributed by atoms with E-state index in [1.807, 2.05) is 31.2 Å². The highest BCUT2D eigenvalue weighted by molar-refractivity contribution is 5.96. The molecule has 3 rings (SSSR count). The van der Waals surface area contributed by atoms with Crippen molar-refractivity contribution < 1.29 is 28.5 Å². The number of nitrogens with one attached hydrogen (secondary N) is 2. The molecular weight excluding hydrogens is 364 g/mol. The third kappa shape index (κ3) is 5.06. The molecule has 0 spiro atoms. The van der Waals surface area contributed by atoms with Gasteiger partial charge >= 0.3 is 0 Å². The molecule has 0 atom stereocenters. The van der Waals surface area contributed by atoms with Crippen LogP contribution in [0, 0.1) is 0 Å². The molecule has 1 heterocycles. The van der Waals surface area contributed by atoms with Crippen LogP contribution in [0.3, 0.4) is 0 Å². The van der Waals surface area contributed by atoms with Crippen molar-refractivity contribution in [1.29, 1.82) is 0 Å². The molecule has 2 aromatic carbocycles. The van der Waals surface area contributed by atoms with Crippen molar-refractivity contribution >= 4 is 11.8 Å². The zero-order chi connectivity index (χ0) is 19.8. The van der Waals surface area contributed by atoms with Gasteiger partial charge in [-0.15, -0.1) is 0 Å². The Bertz CT molecular complexity index is 839. The van der Waals surface area contributed by atoms with Crippen molar-refractivity contribution in [2.75, 3.05) is 20.0 Å². The molecule has 2 N–H and O–H groups in total. The van der Waals surface area contributed by atoms with Gasteiger partial charge in [-0.05, 0) is 43.7 Å². The molecule has 148 valence electrons. The number of hydrogen-bond donors (Lipinski definition) is 2. The molecule has 1 aliphatic heterocycles. The number of hydrazine groups is 1. The van der Waals surface area contributed by atoms with E-state index in [4.69, 9.17) is 18.9 Å². The minimum Gasteiger partial charge on any atom is -0.490 e. The van der Waals surface area contributed by atoms with Gasteiger partial charge in [0.25, 0.3) is 5.91 Å². The van der Waals surface area contributed by atoms with E-state index >= 15 is 0 Å². The van der Waals surface area contributed by atoms with Crippen LogP contribution >= 0.6 is 0 Å². The molecule has 0 unspecified atom stereocenters. The lowest BCUT2D eigenvalue weighted by Gasteiger charge is -2.11. The summed E-state index contributed by atoms with van der Waals surface area (Å²) in [4.78, 5) is 24.0. The van der Waals surface area contributed by atoms with Crippen LogP contribution in [0.25, 0.3) is 0 Å². The van der Waals surface area contributed by atoms with Gasteiger partial charge in [-0.25, -0.2) is 0 Å². The highest BCUT2D eigenvalue weighted by Gasteiger charge is 2.16. The molecule has 0 saturated heterocycles. The van der Waals surface area contributed by atoms with Crippen LogP contribution in [-0.4, -0.2) is 31.8 Å². The van der Waals surface area contributed by atoms with Crippen LogP contribution in [0.1, 0.15) is 30.1 Å². The number of carbonyl (C=O) groups is 2. The minimum absolute atomic E-state index is 0.133.